The number of anilines is 1. The van der Waals surface area contributed by atoms with Crippen molar-refractivity contribution in [2.24, 2.45) is 0 Å². The van der Waals surface area contributed by atoms with Crippen LogP contribution in [0.1, 0.15) is 44.2 Å². The number of aryl methyl sites for hydroxylation is 1. The van der Waals surface area contributed by atoms with Crippen LogP contribution >= 0.6 is 0 Å². The Kier molecular flexibility index (Phi) is 4.33. The Balaban J connectivity index is 2.10. The van der Waals surface area contributed by atoms with Gasteiger partial charge in [-0.15, -0.1) is 0 Å². The Morgan fingerprint density at radius 2 is 2.15 bits per heavy atom. The molecule has 1 aliphatic rings. The third-order valence-electron chi connectivity index (χ3n) is 3.43. The van der Waals surface area contributed by atoms with Crippen molar-refractivity contribution in [1.29, 1.82) is 0 Å². The summed E-state index contributed by atoms with van der Waals surface area (Å²) in [6.07, 6.45) is 0.747. The molecule has 1 atom stereocenters. The number of hydrogen-bond donors (Lipinski definition) is 2. The lowest BCUT2D eigenvalue weighted by Crippen LogP contribution is -2.27. The normalized spacial score (nSPS) is 18.9. The molecule has 1 aliphatic heterocycles. The van der Waals surface area contributed by atoms with Crippen LogP contribution in [-0.4, -0.2) is 24.8 Å². The molecule has 0 spiro atoms. The van der Waals surface area contributed by atoms with E-state index in [1.54, 1.807) is 0 Å². The summed E-state index contributed by atoms with van der Waals surface area (Å²) in [7, 11) is 0. The van der Waals surface area contributed by atoms with Gasteiger partial charge in [0.05, 0.1) is 0 Å². The van der Waals surface area contributed by atoms with Crippen LogP contribution in [-0.2, 0) is 4.74 Å². The lowest BCUT2D eigenvalue weighted by Gasteiger charge is -2.20. The lowest BCUT2D eigenvalue weighted by molar-refractivity contribution is 0.0636. The van der Waals surface area contributed by atoms with Gasteiger partial charge in [0.1, 0.15) is 5.60 Å². The molecule has 2 N–H and O–H groups in total. The molecule has 110 valence electrons. The van der Waals surface area contributed by atoms with Gasteiger partial charge in [-0.2, -0.15) is 0 Å². The SMILES string of the molecule is Cc1ccc(C2CCNC2)cc1NC(=O)OC(C)(C)C. The highest BCUT2D eigenvalue weighted by atomic mass is 16.6. The zero-order valence-electron chi connectivity index (χ0n) is 12.7. The fraction of sp³-hybridized carbons (Fsp3) is 0.562. The summed E-state index contributed by atoms with van der Waals surface area (Å²) in [4.78, 5) is 11.9. The molecule has 20 heavy (non-hydrogen) atoms. The van der Waals surface area contributed by atoms with E-state index in [1.807, 2.05) is 27.7 Å². The van der Waals surface area contributed by atoms with Gasteiger partial charge < -0.3 is 10.1 Å². The van der Waals surface area contributed by atoms with Crippen LogP contribution in [0.3, 0.4) is 0 Å². The molecular formula is C16H24N2O2. The molecule has 1 aromatic rings. The summed E-state index contributed by atoms with van der Waals surface area (Å²) >= 11 is 0. The van der Waals surface area contributed by atoms with E-state index in [1.165, 1.54) is 5.56 Å². The highest BCUT2D eigenvalue weighted by molar-refractivity contribution is 5.86. The van der Waals surface area contributed by atoms with E-state index in [4.69, 9.17) is 4.74 Å². The monoisotopic (exact) mass is 276 g/mol. The van der Waals surface area contributed by atoms with Crippen molar-refractivity contribution in [1.82, 2.24) is 5.32 Å². The Labute approximate surface area is 120 Å². The van der Waals surface area contributed by atoms with Crippen LogP contribution < -0.4 is 10.6 Å². The van der Waals surface area contributed by atoms with E-state index in [0.29, 0.717) is 5.92 Å². The topological polar surface area (TPSA) is 50.4 Å². The molecule has 0 saturated carbocycles. The molecule has 2 rings (SSSR count). The van der Waals surface area contributed by atoms with Gasteiger partial charge >= 0.3 is 6.09 Å². The molecule has 0 aliphatic carbocycles. The summed E-state index contributed by atoms with van der Waals surface area (Å²) in [5.74, 6) is 0.537. The molecule has 1 heterocycles. The molecule has 1 unspecified atom stereocenters. The number of ether oxygens (including phenoxy) is 1. The van der Waals surface area contributed by atoms with Crippen LogP contribution in [0, 0.1) is 6.92 Å². The second-order valence-electron chi connectivity index (χ2n) is 6.39. The maximum atomic E-state index is 11.9. The molecule has 1 fully saturated rings. The number of benzene rings is 1. The van der Waals surface area contributed by atoms with E-state index in [0.717, 1.165) is 30.8 Å². The smallest absolute Gasteiger partial charge is 0.412 e. The quantitative estimate of drug-likeness (QED) is 0.870. The molecule has 0 bridgehead atoms. The standard InChI is InChI=1S/C16H24N2O2/c1-11-5-6-12(13-7-8-17-10-13)9-14(11)18-15(19)20-16(2,3)4/h5-6,9,13,17H,7-8,10H2,1-4H3,(H,18,19). The minimum absolute atomic E-state index is 0.401. The highest BCUT2D eigenvalue weighted by Gasteiger charge is 2.19. The fourth-order valence-electron chi connectivity index (χ4n) is 2.38. The summed E-state index contributed by atoms with van der Waals surface area (Å²) in [5, 5.41) is 6.21. The average Bonchev–Trinajstić information content (AvgIpc) is 2.83. The predicted octanol–water partition coefficient (Wildman–Crippen LogP) is 3.42. The van der Waals surface area contributed by atoms with Crippen LogP contribution in [0.4, 0.5) is 10.5 Å². The second-order valence-corrected chi connectivity index (χ2v) is 6.39. The van der Waals surface area contributed by atoms with Gasteiger partial charge in [0.2, 0.25) is 0 Å². The van der Waals surface area contributed by atoms with Crippen LogP contribution in [0.5, 0.6) is 0 Å². The maximum absolute atomic E-state index is 11.9. The van der Waals surface area contributed by atoms with Crippen molar-refractivity contribution < 1.29 is 9.53 Å². The highest BCUT2D eigenvalue weighted by Crippen LogP contribution is 2.27. The van der Waals surface area contributed by atoms with E-state index < -0.39 is 11.7 Å². The second kappa shape index (κ2) is 5.83. The van der Waals surface area contributed by atoms with Crippen molar-refractivity contribution >= 4 is 11.8 Å². The number of carbonyl (C=O) groups excluding carboxylic acids is 1. The zero-order valence-corrected chi connectivity index (χ0v) is 12.7. The van der Waals surface area contributed by atoms with Gasteiger partial charge in [0.15, 0.2) is 0 Å². The molecule has 4 heteroatoms. The van der Waals surface area contributed by atoms with Crippen molar-refractivity contribution in [3.05, 3.63) is 29.3 Å². The first-order valence-corrected chi connectivity index (χ1v) is 7.16. The third-order valence-corrected chi connectivity index (χ3v) is 3.43. The van der Waals surface area contributed by atoms with E-state index in [2.05, 4.69) is 28.8 Å². The zero-order chi connectivity index (χ0) is 14.8. The summed E-state index contributed by atoms with van der Waals surface area (Å²) < 4.78 is 5.30. The number of rotatable bonds is 2. The van der Waals surface area contributed by atoms with Gasteiger partial charge in [-0.05, 0) is 63.8 Å². The van der Waals surface area contributed by atoms with Crippen molar-refractivity contribution in [3.63, 3.8) is 0 Å². The van der Waals surface area contributed by atoms with Crippen molar-refractivity contribution in [3.8, 4) is 0 Å². The minimum Gasteiger partial charge on any atom is -0.444 e. The fourth-order valence-corrected chi connectivity index (χ4v) is 2.38. The largest absolute Gasteiger partial charge is 0.444 e. The molecule has 1 amide bonds. The number of nitrogens with one attached hydrogen (secondary N) is 2. The Hall–Kier alpha value is -1.55. The molecule has 0 aromatic heterocycles. The first-order chi connectivity index (χ1) is 9.35. The third kappa shape index (κ3) is 3.97. The van der Waals surface area contributed by atoms with Crippen LogP contribution in [0.2, 0.25) is 0 Å². The Bertz CT molecular complexity index is 486. The molecule has 1 saturated heterocycles. The number of amides is 1. The van der Waals surface area contributed by atoms with E-state index in [-0.39, 0.29) is 0 Å². The maximum Gasteiger partial charge on any atom is 0.412 e. The van der Waals surface area contributed by atoms with Gasteiger partial charge in [-0.25, -0.2) is 4.79 Å². The summed E-state index contributed by atoms with van der Waals surface area (Å²) in [6.45, 7) is 9.64. The minimum atomic E-state index is -0.481. The van der Waals surface area contributed by atoms with E-state index >= 15 is 0 Å². The summed E-state index contributed by atoms with van der Waals surface area (Å²) in [6, 6.07) is 6.27. The molecule has 4 nitrogen and oxygen atoms in total. The lowest BCUT2D eigenvalue weighted by atomic mass is 9.96. The van der Waals surface area contributed by atoms with Gasteiger partial charge in [-0.3, -0.25) is 5.32 Å². The van der Waals surface area contributed by atoms with Crippen LogP contribution in [0.15, 0.2) is 18.2 Å². The van der Waals surface area contributed by atoms with E-state index in [9.17, 15) is 4.79 Å². The van der Waals surface area contributed by atoms with Crippen molar-refractivity contribution in [2.45, 2.75) is 45.6 Å². The van der Waals surface area contributed by atoms with Gasteiger partial charge in [0.25, 0.3) is 0 Å². The average molecular weight is 276 g/mol. The number of hydrogen-bond acceptors (Lipinski definition) is 3. The number of carbonyl (C=O) groups is 1. The Morgan fingerprint density at radius 1 is 1.40 bits per heavy atom. The Morgan fingerprint density at radius 3 is 2.75 bits per heavy atom. The predicted molar refractivity (Wildman–Crippen MR) is 81.3 cm³/mol. The first-order valence-electron chi connectivity index (χ1n) is 7.16. The molecule has 1 aromatic carbocycles. The molecule has 0 radical (unpaired) electrons. The van der Waals surface area contributed by atoms with Gasteiger partial charge in [-0.1, -0.05) is 12.1 Å². The molecular weight excluding hydrogens is 252 g/mol. The summed E-state index contributed by atoms with van der Waals surface area (Å²) in [5.41, 5.74) is 2.67. The van der Waals surface area contributed by atoms with Crippen LogP contribution in [0.25, 0.3) is 0 Å². The van der Waals surface area contributed by atoms with Gasteiger partial charge in [0, 0.05) is 12.2 Å². The van der Waals surface area contributed by atoms with Crippen molar-refractivity contribution in [2.75, 3.05) is 18.4 Å². The first kappa shape index (κ1) is 14.9.